The van der Waals surface area contributed by atoms with Crippen molar-refractivity contribution in [3.05, 3.63) is 68.6 Å². The highest BCUT2D eigenvalue weighted by Gasteiger charge is 2.28. The molecule has 0 aliphatic carbocycles. The van der Waals surface area contributed by atoms with Gasteiger partial charge in [-0.1, -0.05) is 11.6 Å². The molecule has 1 N–H and O–H groups in total. The number of carbonyl (C=O) groups is 2. The minimum absolute atomic E-state index is 0.0612. The average molecular weight is 475 g/mol. The summed E-state index contributed by atoms with van der Waals surface area (Å²) in [7, 11) is 3.29. The molecule has 0 atom stereocenters. The van der Waals surface area contributed by atoms with Crippen LogP contribution < -0.4 is 16.6 Å². The normalized spacial score (nSPS) is 14.5. The number of aromatic nitrogens is 4. The minimum atomic E-state index is -0.231. The van der Waals surface area contributed by atoms with E-state index < -0.39 is 0 Å². The van der Waals surface area contributed by atoms with Crippen LogP contribution in [0.15, 0.2) is 46.2 Å². The fourth-order valence-corrected chi connectivity index (χ4v) is 4.93. The lowest BCUT2D eigenvalue weighted by Crippen LogP contribution is -2.41. The molecule has 0 bridgehead atoms. The summed E-state index contributed by atoms with van der Waals surface area (Å²) in [5, 5.41) is 3.20. The van der Waals surface area contributed by atoms with E-state index in [1.807, 2.05) is 25.1 Å². The van der Waals surface area contributed by atoms with Crippen LogP contribution in [0.2, 0.25) is 0 Å². The topological polar surface area (TPSA) is 111 Å². The largest absolute Gasteiger partial charge is 0.338 e. The van der Waals surface area contributed by atoms with Gasteiger partial charge in [0.2, 0.25) is 6.41 Å². The fourth-order valence-electron chi connectivity index (χ4n) is 4.93. The molecule has 2 amide bonds. The van der Waals surface area contributed by atoms with Crippen LogP contribution in [-0.2, 0) is 18.9 Å². The zero-order chi connectivity index (χ0) is 24.9. The van der Waals surface area contributed by atoms with Gasteiger partial charge in [-0.2, -0.15) is 0 Å². The molecule has 5 rings (SSSR count). The SMILES string of the molecule is Cc1ccc2ncn(C3CCN(C(=O)c4cc5c(cc4NC=O)n(C)c(=O)n5C)CC3)c(=O)c2c1. The number of imidazole rings is 1. The van der Waals surface area contributed by atoms with Crippen LogP contribution in [0.5, 0.6) is 0 Å². The van der Waals surface area contributed by atoms with Crippen LogP contribution in [-0.4, -0.2) is 49.0 Å². The number of nitrogens with zero attached hydrogens (tertiary/aromatic N) is 5. The Hall–Kier alpha value is -4.21. The number of piperidine rings is 1. The zero-order valence-electron chi connectivity index (χ0n) is 19.8. The van der Waals surface area contributed by atoms with Crippen molar-refractivity contribution in [3.63, 3.8) is 0 Å². The highest BCUT2D eigenvalue weighted by molar-refractivity contribution is 6.05. The van der Waals surface area contributed by atoms with Gasteiger partial charge in [-0.25, -0.2) is 9.78 Å². The molecule has 0 radical (unpaired) electrons. The number of aryl methyl sites for hydroxylation is 3. The van der Waals surface area contributed by atoms with Gasteiger partial charge in [-0.05, 0) is 44.0 Å². The molecule has 1 fully saturated rings. The van der Waals surface area contributed by atoms with Gasteiger partial charge in [-0.15, -0.1) is 0 Å². The second-order valence-electron chi connectivity index (χ2n) is 9.05. The molecule has 10 nitrogen and oxygen atoms in total. The van der Waals surface area contributed by atoms with Gasteiger partial charge in [0, 0.05) is 33.2 Å². The van der Waals surface area contributed by atoms with E-state index in [-0.39, 0.29) is 23.2 Å². The van der Waals surface area contributed by atoms with E-state index >= 15 is 0 Å². The highest BCUT2D eigenvalue weighted by atomic mass is 16.2. The van der Waals surface area contributed by atoms with Crippen molar-refractivity contribution in [1.82, 2.24) is 23.6 Å². The molecule has 0 unspecified atom stereocenters. The lowest BCUT2D eigenvalue weighted by molar-refractivity contribution is -0.105. The molecular weight excluding hydrogens is 448 g/mol. The van der Waals surface area contributed by atoms with Crippen LogP contribution in [0.25, 0.3) is 21.9 Å². The Morgan fingerprint density at radius 1 is 1.06 bits per heavy atom. The number of anilines is 1. The Balaban J connectivity index is 1.42. The van der Waals surface area contributed by atoms with Crippen molar-refractivity contribution in [2.75, 3.05) is 18.4 Å². The number of amides is 2. The third-order valence-electron chi connectivity index (χ3n) is 6.94. The van der Waals surface area contributed by atoms with Gasteiger partial charge >= 0.3 is 5.69 Å². The van der Waals surface area contributed by atoms with E-state index in [4.69, 9.17) is 0 Å². The molecule has 3 heterocycles. The minimum Gasteiger partial charge on any atom is -0.338 e. The van der Waals surface area contributed by atoms with E-state index in [0.717, 1.165) is 5.56 Å². The summed E-state index contributed by atoms with van der Waals surface area (Å²) in [5.41, 5.74) is 3.29. The standard InChI is InChI=1S/C25H26N6O4/c1-15-4-5-19-17(10-15)24(34)31(13-26-19)16-6-8-30(9-7-16)23(33)18-11-21-22(12-20(18)27-14-32)29(3)25(35)28(21)2/h4-5,10-14,16H,6-9H2,1-3H3,(H,27,32). The number of rotatable bonds is 4. The van der Waals surface area contributed by atoms with Crippen molar-refractivity contribution >= 4 is 39.9 Å². The van der Waals surface area contributed by atoms with Crippen molar-refractivity contribution < 1.29 is 9.59 Å². The van der Waals surface area contributed by atoms with E-state index in [2.05, 4.69) is 10.3 Å². The summed E-state index contributed by atoms with van der Waals surface area (Å²) in [4.78, 5) is 56.3. The monoisotopic (exact) mass is 474 g/mol. The van der Waals surface area contributed by atoms with Crippen LogP contribution in [0.4, 0.5) is 5.69 Å². The molecule has 10 heteroatoms. The van der Waals surface area contributed by atoms with Crippen molar-refractivity contribution in [2.45, 2.75) is 25.8 Å². The summed E-state index contributed by atoms with van der Waals surface area (Å²) >= 11 is 0. The first kappa shape index (κ1) is 22.6. The molecule has 1 saturated heterocycles. The van der Waals surface area contributed by atoms with Crippen molar-refractivity contribution in [1.29, 1.82) is 0 Å². The van der Waals surface area contributed by atoms with Crippen molar-refractivity contribution in [2.24, 2.45) is 14.1 Å². The van der Waals surface area contributed by atoms with Crippen LogP contribution in [0.1, 0.15) is 34.8 Å². The summed E-state index contributed by atoms with van der Waals surface area (Å²) in [6.45, 7) is 2.85. The third kappa shape index (κ3) is 3.71. The molecule has 1 aliphatic heterocycles. The van der Waals surface area contributed by atoms with Gasteiger partial charge in [0.25, 0.3) is 11.5 Å². The molecule has 35 heavy (non-hydrogen) atoms. The van der Waals surface area contributed by atoms with Gasteiger partial charge in [-0.3, -0.25) is 28.1 Å². The molecule has 0 saturated carbocycles. The van der Waals surface area contributed by atoms with Crippen molar-refractivity contribution in [3.8, 4) is 0 Å². The first-order valence-electron chi connectivity index (χ1n) is 11.5. The van der Waals surface area contributed by atoms with Crippen LogP contribution in [0.3, 0.4) is 0 Å². The predicted molar refractivity (Wildman–Crippen MR) is 133 cm³/mol. The van der Waals surface area contributed by atoms with Crippen LogP contribution >= 0.6 is 0 Å². The van der Waals surface area contributed by atoms with Gasteiger partial charge in [0.05, 0.1) is 39.5 Å². The maximum Gasteiger partial charge on any atom is 0.328 e. The van der Waals surface area contributed by atoms with E-state index in [1.54, 1.807) is 42.0 Å². The number of hydrogen-bond acceptors (Lipinski definition) is 5. The van der Waals surface area contributed by atoms with Crippen LogP contribution in [0, 0.1) is 6.92 Å². The lowest BCUT2D eigenvalue weighted by Gasteiger charge is -2.33. The second kappa shape index (κ2) is 8.53. The molecule has 2 aromatic carbocycles. The Morgan fingerprint density at radius 2 is 1.74 bits per heavy atom. The number of fused-ring (bicyclic) bond motifs is 2. The number of nitrogens with one attached hydrogen (secondary N) is 1. The van der Waals surface area contributed by atoms with E-state index in [9.17, 15) is 19.2 Å². The van der Waals surface area contributed by atoms with Gasteiger partial charge in [0.15, 0.2) is 0 Å². The average Bonchev–Trinajstić information content (AvgIpc) is 3.07. The highest BCUT2D eigenvalue weighted by Crippen LogP contribution is 2.28. The summed E-state index contributed by atoms with van der Waals surface area (Å²) in [6, 6.07) is 8.87. The Morgan fingerprint density at radius 3 is 2.43 bits per heavy atom. The number of hydrogen-bond donors (Lipinski definition) is 1. The Bertz CT molecular complexity index is 1600. The smallest absolute Gasteiger partial charge is 0.328 e. The molecule has 180 valence electrons. The summed E-state index contributed by atoms with van der Waals surface area (Å²) < 4.78 is 4.63. The fraction of sp³-hybridized carbons (Fsp3) is 0.320. The molecule has 2 aromatic heterocycles. The molecule has 4 aromatic rings. The predicted octanol–water partition coefficient (Wildman–Crippen LogP) is 1.94. The maximum absolute atomic E-state index is 13.5. The lowest BCUT2D eigenvalue weighted by atomic mass is 10.0. The zero-order valence-corrected chi connectivity index (χ0v) is 19.8. The second-order valence-corrected chi connectivity index (χ2v) is 9.05. The Kier molecular flexibility index (Phi) is 5.50. The Labute approximate surface area is 200 Å². The van der Waals surface area contributed by atoms with E-state index in [0.29, 0.717) is 65.5 Å². The number of benzene rings is 2. The third-order valence-corrected chi connectivity index (χ3v) is 6.94. The van der Waals surface area contributed by atoms with Gasteiger partial charge < -0.3 is 10.2 Å². The molecule has 0 spiro atoms. The number of carbonyl (C=O) groups excluding carboxylic acids is 2. The van der Waals surface area contributed by atoms with E-state index in [1.165, 1.54) is 9.13 Å². The maximum atomic E-state index is 13.5. The quantitative estimate of drug-likeness (QED) is 0.455. The first-order valence-corrected chi connectivity index (χ1v) is 11.5. The number of likely N-dealkylation sites (tertiary alicyclic amines) is 1. The molecule has 1 aliphatic rings. The first-order chi connectivity index (χ1) is 16.8. The summed E-state index contributed by atoms with van der Waals surface area (Å²) in [5.74, 6) is -0.231. The molecular formula is C25H26N6O4. The van der Waals surface area contributed by atoms with Gasteiger partial charge in [0.1, 0.15) is 0 Å². The summed E-state index contributed by atoms with van der Waals surface area (Å²) in [6.07, 6.45) is 3.32.